The van der Waals surface area contributed by atoms with Crippen molar-refractivity contribution in [1.82, 2.24) is 0 Å². The van der Waals surface area contributed by atoms with Crippen LogP contribution in [0.5, 0.6) is 5.75 Å². The third-order valence-electron chi connectivity index (χ3n) is 5.87. The molecule has 0 radical (unpaired) electrons. The Kier molecular flexibility index (Phi) is 6.63. The fourth-order valence-electron chi connectivity index (χ4n) is 3.99. The molecule has 6 atom stereocenters. The molecule has 0 spiro atoms. The summed E-state index contributed by atoms with van der Waals surface area (Å²) in [6, 6.07) is 12.4. The number of benzene rings is 2. The second kappa shape index (κ2) is 9.43. The number of nitrogen functional groups attached to an aromatic ring is 1. The molecule has 4 unspecified atom stereocenters. The lowest BCUT2D eigenvalue weighted by Gasteiger charge is -2.40. The summed E-state index contributed by atoms with van der Waals surface area (Å²) < 4.78 is 16.2. The number of anilines is 1. The van der Waals surface area contributed by atoms with Crippen LogP contribution < -0.4 is 10.5 Å². The van der Waals surface area contributed by atoms with E-state index in [1.807, 2.05) is 12.1 Å². The van der Waals surface area contributed by atoms with Crippen molar-refractivity contribution < 1.29 is 39.4 Å². The molecule has 9 heteroatoms. The number of esters is 1. The van der Waals surface area contributed by atoms with Crippen LogP contribution in [0.4, 0.5) is 5.69 Å². The van der Waals surface area contributed by atoms with Crippen molar-refractivity contribution in [3.8, 4) is 5.75 Å². The third kappa shape index (κ3) is 4.57. The molecule has 0 saturated carbocycles. The number of hydrogen-bond acceptors (Lipinski definition) is 9. The minimum atomic E-state index is -1.45. The van der Waals surface area contributed by atoms with Crippen molar-refractivity contribution in [3.05, 3.63) is 59.2 Å². The quantitative estimate of drug-likeness (QED) is 0.307. The summed E-state index contributed by atoms with van der Waals surface area (Å²) in [6.45, 7) is -0.123. The molecule has 0 amide bonds. The number of cyclic esters (lactones) is 1. The zero-order valence-electron chi connectivity index (χ0n) is 17.3. The molecule has 2 saturated heterocycles. The SMILES string of the molecule is Nc1ccc(C2OC(CO)[C@@H](O)C(O)[C@H]2O)cc1Cc1ccc(OC2CCOC2=O)cc1. The predicted octanol–water partition coefficient (Wildman–Crippen LogP) is 0.0688. The van der Waals surface area contributed by atoms with Crippen LogP contribution in [0.3, 0.4) is 0 Å². The highest BCUT2D eigenvalue weighted by atomic mass is 16.6. The first kappa shape index (κ1) is 22.5. The van der Waals surface area contributed by atoms with Crippen LogP contribution in [0, 0.1) is 0 Å². The molecule has 0 aromatic heterocycles. The Hall–Kier alpha value is -2.69. The molecule has 6 N–H and O–H groups in total. The van der Waals surface area contributed by atoms with Crippen LogP contribution in [-0.2, 0) is 20.7 Å². The minimum Gasteiger partial charge on any atom is -0.479 e. The van der Waals surface area contributed by atoms with E-state index in [4.69, 9.17) is 19.9 Å². The van der Waals surface area contributed by atoms with Crippen LogP contribution in [0.25, 0.3) is 0 Å². The van der Waals surface area contributed by atoms with Crippen LogP contribution >= 0.6 is 0 Å². The van der Waals surface area contributed by atoms with E-state index in [9.17, 15) is 25.2 Å². The van der Waals surface area contributed by atoms with Crippen molar-refractivity contribution in [2.24, 2.45) is 0 Å². The van der Waals surface area contributed by atoms with Crippen molar-refractivity contribution >= 4 is 11.7 Å². The number of aliphatic hydroxyl groups excluding tert-OH is 4. The fraction of sp³-hybridized carbons (Fsp3) is 0.435. The van der Waals surface area contributed by atoms with Crippen LogP contribution in [-0.4, -0.2) is 70.1 Å². The normalized spacial score (nSPS) is 30.2. The van der Waals surface area contributed by atoms with Gasteiger partial charge in [0.25, 0.3) is 0 Å². The molecule has 0 bridgehead atoms. The fourth-order valence-corrected chi connectivity index (χ4v) is 3.99. The van der Waals surface area contributed by atoms with Gasteiger partial charge in [-0.05, 0) is 41.3 Å². The zero-order chi connectivity index (χ0) is 22.8. The van der Waals surface area contributed by atoms with E-state index in [1.165, 1.54) is 0 Å². The van der Waals surface area contributed by atoms with Gasteiger partial charge < -0.3 is 40.4 Å². The lowest BCUT2D eigenvalue weighted by atomic mass is 9.89. The summed E-state index contributed by atoms with van der Waals surface area (Å²) in [5, 5.41) is 39.9. The molecule has 0 aliphatic carbocycles. The van der Waals surface area contributed by atoms with Gasteiger partial charge in [-0.2, -0.15) is 0 Å². The molecule has 2 heterocycles. The Morgan fingerprint density at radius 2 is 1.78 bits per heavy atom. The van der Waals surface area contributed by atoms with Crippen LogP contribution in [0.2, 0.25) is 0 Å². The van der Waals surface area contributed by atoms with E-state index in [2.05, 4.69) is 0 Å². The molecule has 2 aromatic rings. The van der Waals surface area contributed by atoms with Gasteiger partial charge in [-0.25, -0.2) is 4.79 Å². The first-order valence-electron chi connectivity index (χ1n) is 10.5. The third-order valence-corrected chi connectivity index (χ3v) is 5.87. The number of ether oxygens (including phenoxy) is 3. The monoisotopic (exact) mass is 445 g/mol. The summed E-state index contributed by atoms with van der Waals surface area (Å²) >= 11 is 0. The van der Waals surface area contributed by atoms with Crippen molar-refractivity contribution in [1.29, 1.82) is 0 Å². The molecule has 2 fully saturated rings. The second-order valence-electron chi connectivity index (χ2n) is 8.09. The number of hydrogen-bond donors (Lipinski definition) is 5. The first-order chi connectivity index (χ1) is 15.4. The molecule has 2 aliphatic rings. The smallest absolute Gasteiger partial charge is 0.347 e. The van der Waals surface area contributed by atoms with Gasteiger partial charge in [0.2, 0.25) is 0 Å². The topological polar surface area (TPSA) is 152 Å². The van der Waals surface area contributed by atoms with Crippen molar-refractivity contribution in [2.45, 2.75) is 49.5 Å². The van der Waals surface area contributed by atoms with E-state index in [1.54, 1.807) is 30.3 Å². The Morgan fingerprint density at radius 3 is 2.44 bits per heavy atom. The highest BCUT2D eigenvalue weighted by Gasteiger charge is 2.44. The van der Waals surface area contributed by atoms with Gasteiger partial charge in [0.15, 0.2) is 6.10 Å². The lowest BCUT2D eigenvalue weighted by Crippen LogP contribution is -2.55. The van der Waals surface area contributed by atoms with E-state index in [-0.39, 0.29) is 5.97 Å². The van der Waals surface area contributed by atoms with E-state index >= 15 is 0 Å². The number of carbonyl (C=O) groups excluding carboxylic acids is 1. The molecule has 9 nitrogen and oxygen atoms in total. The standard InChI is InChI=1S/C23H27NO8/c24-16-6-3-13(22-21(28)20(27)19(26)18(11-25)32-22)10-14(16)9-12-1-4-15(5-2-12)31-17-7-8-30-23(17)29/h1-6,10,17-22,25-28H,7-9,11,24H2/t17?,18?,19-,20?,21-,22?/m1/s1. The summed E-state index contributed by atoms with van der Waals surface area (Å²) in [7, 11) is 0. The maximum atomic E-state index is 11.6. The van der Waals surface area contributed by atoms with Crippen molar-refractivity contribution in [3.63, 3.8) is 0 Å². The summed E-state index contributed by atoms with van der Waals surface area (Å²) in [6.07, 6.45) is -5.68. The largest absolute Gasteiger partial charge is 0.479 e. The molecular formula is C23H27NO8. The minimum absolute atomic E-state index is 0.355. The van der Waals surface area contributed by atoms with Gasteiger partial charge >= 0.3 is 5.97 Å². The Labute approximate surface area is 185 Å². The van der Waals surface area contributed by atoms with Crippen molar-refractivity contribution in [2.75, 3.05) is 18.9 Å². The van der Waals surface area contributed by atoms with Crippen LogP contribution in [0.1, 0.15) is 29.2 Å². The van der Waals surface area contributed by atoms with Crippen LogP contribution in [0.15, 0.2) is 42.5 Å². The molecule has 2 aromatic carbocycles. The molecule has 2 aliphatic heterocycles. The average molecular weight is 445 g/mol. The first-order valence-corrected chi connectivity index (χ1v) is 10.5. The number of carbonyl (C=O) groups is 1. The zero-order valence-corrected chi connectivity index (χ0v) is 17.3. The average Bonchev–Trinajstić information content (AvgIpc) is 3.19. The molecule has 4 rings (SSSR count). The predicted molar refractivity (Wildman–Crippen MR) is 113 cm³/mol. The highest BCUT2D eigenvalue weighted by molar-refractivity contribution is 5.76. The Morgan fingerprint density at radius 1 is 1.03 bits per heavy atom. The second-order valence-corrected chi connectivity index (χ2v) is 8.09. The number of nitrogens with two attached hydrogens (primary N) is 1. The highest BCUT2D eigenvalue weighted by Crippen LogP contribution is 2.34. The summed E-state index contributed by atoms with van der Waals surface area (Å²) in [4.78, 5) is 11.6. The Bertz CT molecular complexity index is 948. The van der Waals surface area contributed by atoms with Gasteiger partial charge in [0.05, 0.1) is 13.2 Å². The van der Waals surface area contributed by atoms with Gasteiger partial charge in [-0.15, -0.1) is 0 Å². The van der Waals surface area contributed by atoms with E-state index < -0.39 is 43.2 Å². The van der Waals surface area contributed by atoms with E-state index in [0.717, 1.165) is 11.1 Å². The van der Waals surface area contributed by atoms with E-state index in [0.29, 0.717) is 36.4 Å². The number of aliphatic hydroxyl groups is 4. The number of rotatable bonds is 6. The maximum Gasteiger partial charge on any atom is 0.347 e. The molecular weight excluding hydrogens is 418 g/mol. The maximum absolute atomic E-state index is 11.6. The summed E-state index contributed by atoms with van der Waals surface area (Å²) in [5.41, 5.74) is 9.01. The lowest BCUT2D eigenvalue weighted by molar-refractivity contribution is -0.231. The van der Waals surface area contributed by atoms with Gasteiger partial charge in [0, 0.05) is 12.1 Å². The molecule has 172 valence electrons. The molecule has 32 heavy (non-hydrogen) atoms. The Balaban J connectivity index is 1.49. The van der Waals surface area contributed by atoms with Gasteiger partial charge in [-0.3, -0.25) is 0 Å². The van der Waals surface area contributed by atoms with Gasteiger partial charge in [-0.1, -0.05) is 24.3 Å². The summed E-state index contributed by atoms with van der Waals surface area (Å²) in [5.74, 6) is 0.215. The van der Waals surface area contributed by atoms with Gasteiger partial charge in [0.1, 0.15) is 36.3 Å².